The van der Waals surface area contributed by atoms with Crippen LogP contribution in [0.5, 0.6) is 0 Å². The predicted molar refractivity (Wildman–Crippen MR) is 42.5 cm³/mol. The van der Waals surface area contributed by atoms with Crippen molar-refractivity contribution in [1.29, 1.82) is 0 Å². The average molecular weight is 162 g/mol. The van der Waals surface area contributed by atoms with Gasteiger partial charge < -0.3 is 10.2 Å². The highest BCUT2D eigenvalue weighted by atomic mass is 16.3. The van der Waals surface area contributed by atoms with Gasteiger partial charge in [-0.3, -0.25) is 9.78 Å². The second-order valence-corrected chi connectivity index (χ2v) is 2.36. The highest BCUT2D eigenvalue weighted by Crippen LogP contribution is 2.16. The standard InChI is InChI=1S/C8H6N2O2/c9-8(11)5-4-12-6-2-1-3-10-7(5)6/h1-4H,(H2,9,11). The zero-order valence-electron chi connectivity index (χ0n) is 6.15. The number of furan rings is 1. The van der Waals surface area contributed by atoms with E-state index in [1.54, 1.807) is 18.3 Å². The molecule has 60 valence electrons. The Labute approximate surface area is 68.0 Å². The summed E-state index contributed by atoms with van der Waals surface area (Å²) in [4.78, 5) is 14.8. The lowest BCUT2D eigenvalue weighted by Gasteiger charge is -1.87. The van der Waals surface area contributed by atoms with Crippen molar-refractivity contribution in [2.24, 2.45) is 5.73 Å². The molecule has 4 heteroatoms. The minimum atomic E-state index is -0.521. The van der Waals surface area contributed by atoms with Gasteiger partial charge in [0.25, 0.3) is 5.91 Å². The first-order valence-corrected chi connectivity index (χ1v) is 3.41. The molecule has 2 heterocycles. The van der Waals surface area contributed by atoms with Crippen LogP contribution in [0.4, 0.5) is 0 Å². The molecule has 4 nitrogen and oxygen atoms in total. The Balaban J connectivity index is 2.79. The summed E-state index contributed by atoms with van der Waals surface area (Å²) in [6.07, 6.45) is 2.91. The molecule has 2 aromatic heterocycles. The molecule has 1 amide bonds. The Morgan fingerprint density at radius 1 is 1.58 bits per heavy atom. The molecule has 0 radical (unpaired) electrons. The first-order chi connectivity index (χ1) is 5.79. The smallest absolute Gasteiger partial charge is 0.254 e. The van der Waals surface area contributed by atoms with Gasteiger partial charge in [0.05, 0.1) is 0 Å². The first kappa shape index (κ1) is 6.84. The molecular formula is C8H6N2O2. The largest absolute Gasteiger partial charge is 0.462 e. The number of primary amides is 1. The van der Waals surface area contributed by atoms with E-state index in [-0.39, 0.29) is 0 Å². The fourth-order valence-corrected chi connectivity index (χ4v) is 1.04. The maximum Gasteiger partial charge on any atom is 0.254 e. The van der Waals surface area contributed by atoms with Crippen LogP contribution in [0.25, 0.3) is 11.1 Å². The van der Waals surface area contributed by atoms with E-state index >= 15 is 0 Å². The number of carbonyl (C=O) groups excluding carboxylic acids is 1. The number of pyridine rings is 1. The summed E-state index contributed by atoms with van der Waals surface area (Å²) in [5.41, 5.74) is 6.50. The van der Waals surface area contributed by atoms with Crippen LogP contribution in [0.3, 0.4) is 0 Å². The van der Waals surface area contributed by atoms with E-state index in [2.05, 4.69) is 4.98 Å². The summed E-state index contributed by atoms with van der Waals surface area (Å²) in [7, 11) is 0. The number of nitrogens with two attached hydrogens (primary N) is 1. The highest BCUT2D eigenvalue weighted by Gasteiger charge is 2.10. The quantitative estimate of drug-likeness (QED) is 0.678. The van der Waals surface area contributed by atoms with Gasteiger partial charge in [-0.1, -0.05) is 0 Å². The van der Waals surface area contributed by atoms with E-state index in [0.29, 0.717) is 16.7 Å². The van der Waals surface area contributed by atoms with Crippen molar-refractivity contribution in [3.63, 3.8) is 0 Å². The van der Waals surface area contributed by atoms with Gasteiger partial charge in [0, 0.05) is 6.20 Å². The number of fused-ring (bicyclic) bond motifs is 1. The van der Waals surface area contributed by atoms with Crippen molar-refractivity contribution in [3.05, 3.63) is 30.2 Å². The molecule has 0 atom stereocenters. The Hall–Kier alpha value is -1.84. The van der Waals surface area contributed by atoms with Crippen molar-refractivity contribution in [2.45, 2.75) is 0 Å². The van der Waals surface area contributed by atoms with E-state index in [1.807, 2.05) is 0 Å². The third-order valence-corrected chi connectivity index (χ3v) is 1.60. The molecule has 0 unspecified atom stereocenters. The number of carbonyl (C=O) groups is 1. The summed E-state index contributed by atoms with van der Waals surface area (Å²) < 4.78 is 5.05. The van der Waals surface area contributed by atoms with E-state index in [4.69, 9.17) is 10.2 Å². The molecule has 2 N–H and O–H groups in total. The fourth-order valence-electron chi connectivity index (χ4n) is 1.04. The van der Waals surface area contributed by atoms with Gasteiger partial charge >= 0.3 is 0 Å². The van der Waals surface area contributed by atoms with Crippen molar-refractivity contribution in [2.75, 3.05) is 0 Å². The molecule has 0 spiro atoms. The topological polar surface area (TPSA) is 69.1 Å². The van der Waals surface area contributed by atoms with Crippen molar-refractivity contribution in [3.8, 4) is 0 Å². The lowest BCUT2D eigenvalue weighted by atomic mass is 10.2. The zero-order chi connectivity index (χ0) is 8.55. The van der Waals surface area contributed by atoms with Crippen molar-refractivity contribution < 1.29 is 9.21 Å². The lowest BCUT2D eigenvalue weighted by molar-refractivity contribution is 0.100. The molecule has 2 aromatic rings. The van der Waals surface area contributed by atoms with Crippen LogP contribution < -0.4 is 5.73 Å². The van der Waals surface area contributed by atoms with Crippen LogP contribution >= 0.6 is 0 Å². The second kappa shape index (κ2) is 2.34. The van der Waals surface area contributed by atoms with E-state index in [1.165, 1.54) is 6.26 Å². The van der Waals surface area contributed by atoms with E-state index in [9.17, 15) is 4.79 Å². The Bertz CT molecular complexity index is 433. The van der Waals surface area contributed by atoms with Crippen molar-refractivity contribution in [1.82, 2.24) is 4.98 Å². The van der Waals surface area contributed by atoms with E-state index < -0.39 is 5.91 Å². The van der Waals surface area contributed by atoms with Gasteiger partial charge in [-0.25, -0.2) is 0 Å². The van der Waals surface area contributed by atoms with Gasteiger partial charge in [0.15, 0.2) is 5.58 Å². The highest BCUT2D eigenvalue weighted by molar-refractivity contribution is 6.03. The van der Waals surface area contributed by atoms with Gasteiger partial charge in [0.1, 0.15) is 17.3 Å². The minimum absolute atomic E-state index is 0.325. The van der Waals surface area contributed by atoms with Crippen LogP contribution in [0.15, 0.2) is 29.0 Å². The molecule has 0 aromatic carbocycles. The SMILES string of the molecule is NC(=O)c1coc2cccnc12. The number of rotatable bonds is 1. The number of aromatic nitrogens is 1. The molecule has 0 saturated heterocycles. The van der Waals surface area contributed by atoms with Gasteiger partial charge in [0.2, 0.25) is 0 Å². The lowest BCUT2D eigenvalue weighted by Crippen LogP contribution is -2.10. The van der Waals surface area contributed by atoms with Crippen LogP contribution in [0.1, 0.15) is 10.4 Å². The molecule has 12 heavy (non-hydrogen) atoms. The fraction of sp³-hybridized carbons (Fsp3) is 0. The number of hydrogen-bond acceptors (Lipinski definition) is 3. The van der Waals surface area contributed by atoms with E-state index in [0.717, 1.165) is 0 Å². The van der Waals surface area contributed by atoms with Crippen molar-refractivity contribution >= 4 is 17.0 Å². The number of amides is 1. The summed E-state index contributed by atoms with van der Waals surface area (Å²) in [6, 6.07) is 3.46. The Morgan fingerprint density at radius 3 is 3.17 bits per heavy atom. The molecule has 0 fully saturated rings. The molecular weight excluding hydrogens is 156 g/mol. The minimum Gasteiger partial charge on any atom is -0.462 e. The normalized spacial score (nSPS) is 10.3. The maximum atomic E-state index is 10.8. The maximum absolute atomic E-state index is 10.8. The van der Waals surface area contributed by atoms with Crippen LogP contribution in [-0.4, -0.2) is 10.9 Å². The molecule has 0 aliphatic heterocycles. The summed E-state index contributed by atoms with van der Waals surface area (Å²) in [5, 5.41) is 0. The first-order valence-electron chi connectivity index (χ1n) is 3.41. The number of hydrogen-bond donors (Lipinski definition) is 1. The van der Waals surface area contributed by atoms with Gasteiger partial charge in [-0.15, -0.1) is 0 Å². The Kier molecular flexibility index (Phi) is 1.33. The summed E-state index contributed by atoms with van der Waals surface area (Å²) in [5.74, 6) is -0.521. The van der Waals surface area contributed by atoms with Crippen LogP contribution in [0.2, 0.25) is 0 Å². The summed E-state index contributed by atoms with van der Waals surface area (Å²) >= 11 is 0. The Morgan fingerprint density at radius 2 is 2.42 bits per heavy atom. The van der Waals surface area contributed by atoms with Gasteiger partial charge in [-0.05, 0) is 12.1 Å². The molecule has 0 aliphatic carbocycles. The molecule has 0 saturated carbocycles. The monoisotopic (exact) mass is 162 g/mol. The van der Waals surface area contributed by atoms with Gasteiger partial charge in [-0.2, -0.15) is 0 Å². The third kappa shape index (κ3) is 0.852. The zero-order valence-corrected chi connectivity index (χ0v) is 6.15. The van der Waals surface area contributed by atoms with Crippen LogP contribution in [-0.2, 0) is 0 Å². The summed E-state index contributed by atoms with van der Waals surface area (Å²) in [6.45, 7) is 0. The third-order valence-electron chi connectivity index (χ3n) is 1.60. The predicted octanol–water partition coefficient (Wildman–Crippen LogP) is 0.927. The molecule has 2 rings (SSSR count). The average Bonchev–Trinajstić information content (AvgIpc) is 2.47. The molecule has 0 aliphatic rings. The number of nitrogens with zero attached hydrogens (tertiary/aromatic N) is 1. The second-order valence-electron chi connectivity index (χ2n) is 2.36. The van der Waals surface area contributed by atoms with Crippen LogP contribution in [0, 0.1) is 0 Å². The molecule has 0 bridgehead atoms.